The van der Waals surface area contributed by atoms with Crippen LogP contribution in [0, 0.1) is 11.6 Å². The van der Waals surface area contributed by atoms with Crippen LogP contribution in [0.2, 0.25) is 0 Å². The van der Waals surface area contributed by atoms with Gasteiger partial charge in [-0.25, -0.2) is 13.8 Å². The first-order chi connectivity index (χ1) is 16.2. The van der Waals surface area contributed by atoms with Crippen molar-refractivity contribution in [2.45, 2.75) is 6.61 Å². The summed E-state index contributed by atoms with van der Waals surface area (Å²) in [5.41, 5.74) is 2.48. The third-order valence-corrected chi connectivity index (χ3v) is 5.02. The van der Waals surface area contributed by atoms with Crippen LogP contribution < -0.4 is 0 Å². The molecule has 0 radical (unpaired) electrons. The Balaban J connectivity index is 1.50. The molecule has 0 aliphatic rings. The van der Waals surface area contributed by atoms with Crippen molar-refractivity contribution in [1.29, 1.82) is 0 Å². The molecule has 0 aliphatic carbocycles. The van der Waals surface area contributed by atoms with Crippen LogP contribution in [0.25, 0.3) is 39.5 Å². The standard InChI is InChI=1S/C22H18F2N6O3/c1-31-7-8-32-12-19-27-22(29-33-19)17-10-25-18-6-5-13(11-30(17)18)14-9-26-28-21(14)20-15(23)3-2-4-16(20)24/h2-6,9-11H,7-8,12H2,1H3,(H,26,28). The highest BCUT2D eigenvalue weighted by Gasteiger charge is 2.19. The number of ether oxygens (including phenoxy) is 2. The number of nitrogens with one attached hydrogen (secondary N) is 1. The predicted octanol–water partition coefficient (Wildman–Crippen LogP) is 3.88. The number of hydrogen-bond donors (Lipinski definition) is 1. The van der Waals surface area contributed by atoms with Crippen LogP contribution in [0.1, 0.15) is 5.89 Å². The molecule has 0 unspecified atom stereocenters. The van der Waals surface area contributed by atoms with Gasteiger partial charge in [-0.3, -0.25) is 9.50 Å². The Morgan fingerprint density at radius 1 is 1.09 bits per heavy atom. The number of pyridine rings is 1. The van der Waals surface area contributed by atoms with Crippen molar-refractivity contribution in [3.63, 3.8) is 0 Å². The molecule has 0 fully saturated rings. The van der Waals surface area contributed by atoms with Gasteiger partial charge < -0.3 is 14.0 Å². The van der Waals surface area contributed by atoms with E-state index < -0.39 is 11.6 Å². The highest BCUT2D eigenvalue weighted by Crippen LogP contribution is 2.34. The monoisotopic (exact) mass is 452 g/mol. The molecular weight excluding hydrogens is 434 g/mol. The lowest BCUT2D eigenvalue weighted by Crippen LogP contribution is -2.01. The molecule has 0 amide bonds. The first-order valence-electron chi connectivity index (χ1n) is 10.0. The van der Waals surface area contributed by atoms with Gasteiger partial charge in [0.2, 0.25) is 5.82 Å². The average Bonchev–Trinajstić information content (AvgIpc) is 3.55. The molecule has 1 N–H and O–H groups in total. The van der Waals surface area contributed by atoms with Crippen molar-refractivity contribution >= 4 is 5.65 Å². The normalized spacial score (nSPS) is 11.5. The fourth-order valence-corrected chi connectivity index (χ4v) is 3.46. The molecule has 0 aliphatic heterocycles. The number of methoxy groups -OCH3 is 1. The van der Waals surface area contributed by atoms with E-state index in [4.69, 9.17) is 14.0 Å². The van der Waals surface area contributed by atoms with Gasteiger partial charge in [-0.1, -0.05) is 11.2 Å². The van der Waals surface area contributed by atoms with E-state index in [0.29, 0.717) is 47.4 Å². The largest absolute Gasteiger partial charge is 0.382 e. The summed E-state index contributed by atoms with van der Waals surface area (Å²) in [5.74, 6) is -0.717. The van der Waals surface area contributed by atoms with Gasteiger partial charge in [-0.05, 0) is 24.3 Å². The third kappa shape index (κ3) is 3.99. The van der Waals surface area contributed by atoms with E-state index in [1.165, 1.54) is 24.4 Å². The van der Waals surface area contributed by atoms with Gasteiger partial charge in [0.15, 0.2) is 0 Å². The maximum atomic E-state index is 14.4. The SMILES string of the molecule is COCCOCc1nc(-c2cnc3ccc(-c4cn[nH]c4-c4c(F)cccc4F)cn23)no1. The van der Waals surface area contributed by atoms with Crippen molar-refractivity contribution in [3.8, 4) is 33.9 Å². The van der Waals surface area contributed by atoms with Gasteiger partial charge in [0.1, 0.15) is 29.6 Å². The van der Waals surface area contributed by atoms with Gasteiger partial charge >= 0.3 is 0 Å². The molecule has 168 valence electrons. The molecule has 5 aromatic rings. The van der Waals surface area contributed by atoms with Crippen molar-refractivity contribution in [3.05, 3.63) is 66.4 Å². The van der Waals surface area contributed by atoms with Gasteiger partial charge in [-0.15, -0.1) is 0 Å². The van der Waals surface area contributed by atoms with E-state index in [2.05, 4.69) is 25.3 Å². The number of aromatic nitrogens is 6. The van der Waals surface area contributed by atoms with E-state index in [0.717, 1.165) is 0 Å². The number of rotatable bonds is 8. The van der Waals surface area contributed by atoms with E-state index >= 15 is 0 Å². The Kier molecular flexibility index (Phi) is 5.63. The minimum atomic E-state index is -0.683. The summed E-state index contributed by atoms with van der Waals surface area (Å²) in [5, 5.41) is 10.7. The Hall–Kier alpha value is -3.96. The Labute approximate surface area is 186 Å². The summed E-state index contributed by atoms with van der Waals surface area (Å²) < 4.78 is 46.1. The molecule has 4 heterocycles. The lowest BCUT2D eigenvalue weighted by Gasteiger charge is -2.07. The summed E-state index contributed by atoms with van der Waals surface area (Å²) in [6, 6.07) is 7.29. The van der Waals surface area contributed by atoms with Crippen LogP contribution >= 0.6 is 0 Å². The summed E-state index contributed by atoms with van der Waals surface area (Å²) in [7, 11) is 1.59. The molecule has 33 heavy (non-hydrogen) atoms. The molecule has 0 atom stereocenters. The minimum Gasteiger partial charge on any atom is -0.382 e. The number of nitrogens with zero attached hydrogens (tertiary/aromatic N) is 5. The molecule has 0 bridgehead atoms. The highest BCUT2D eigenvalue weighted by molar-refractivity contribution is 5.81. The Morgan fingerprint density at radius 2 is 1.94 bits per heavy atom. The van der Waals surface area contributed by atoms with E-state index in [-0.39, 0.29) is 17.9 Å². The number of fused-ring (bicyclic) bond motifs is 1. The van der Waals surface area contributed by atoms with E-state index in [1.54, 1.807) is 36.0 Å². The summed E-state index contributed by atoms with van der Waals surface area (Å²) in [6.45, 7) is 1.03. The fourth-order valence-electron chi connectivity index (χ4n) is 3.46. The number of H-pyrrole nitrogens is 1. The number of benzene rings is 1. The molecule has 0 saturated heterocycles. The zero-order valence-electron chi connectivity index (χ0n) is 17.5. The van der Waals surface area contributed by atoms with Gasteiger partial charge in [0.05, 0.1) is 36.9 Å². The Morgan fingerprint density at radius 3 is 2.76 bits per heavy atom. The van der Waals surface area contributed by atoms with Gasteiger partial charge in [0, 0.05) is 24.4 Å². The van der Waals surface area contributed by atoms with Crippen LogP contribution in [0.4, 0.5) is 8.78 Å². The molecule has 0 spiro atoms. The summed E-state index contributed by atoms with van der Waals surface area (Å²) in [6.07, 6.45) is 4.91. The zero-order valence-corrected chi connectivity index (χ0v) is 17.5. The highest BCUT2D eigenvalue weighted by atomic mass is 19.1. The first-order valence-corrected chi connectivity index (χ1v) is 10.0. The topological polar surface area (TPSA) is 103 Å². The van der Waals surface area contributed by atoms with Crippen molar-refractivity contribution in [2.75, 3.05) is 20.3 Å². The smallest absolute Gasteiger partial charge is 0.253 e. The lowest BCUT2D eigenvalue weighted by molar-refractivity contribution is 0.0494. The molecule has 9 nitrogen and oxygen atoms in total. The van der Waals surface area contributed by atoms with Crippen molar-refractivity contribution in [1.82, 2.24) is 29.7 Å². The Bertz CT molecular complexity index is 1390. The fraction of sp³-hybridized carbons (Fsp3) is 0.182. The van der Waals surface area contributed by atoms with E-state index in [1.807, 2.05) is 0 Å². The summed E-state index contributed by atoms with van der Waals surface area (Å²) >= 11 is 0. The number of halogens is 2. The molecular formula is C22H18F2N6O3. The van der Waals surface area contributed by atoms with Crippen molar-refractivity contribution < 1.29 is 22.8 Å². The first kappa shape index (κ1) is 20.9. The maximum Gasteiger partial charge on any atom is 0.253 e. The second kappa shape index (κ2) is 8.88. The van der Waals surface area contributed by atoms with Gasteiger partial charge in [0.25, 0.3) is 5.89 Å². The zero-order chi connectivity index (χ0) is 22.8. The molecule has 1 aromatic carbocycles. The number of imidazole rings is 1. The number of hydrogen-bond acceptors (Lipinski definition) is 7. The van der Waals surface area contributed by atoms with Crippen molar-refractivity contribution in [2.24, 2.45) is 0 Å². The maximum absolute atomic E-state index is 14.4. The quantitative estimate of drug-likeness (QED) is 0.356. The van der Waals surface area contributed by atoms with Gasteiger partial charge in [-0.2, -0.15) is 10.1 Å². The predicted molar refractivity (Wildman–Crippen MR) is 113 cm³/mol. The second-order valence-electron chi connectivity index (χ2n) is 7.10. The third-order valence-electron chi connectivity index (χ3n) is 5.02. The van der Waals surface area contributed by atoms with Crippen LogP contribution in [0.15, 0.2) is 53.4 Å². The number of aromatic amines is 1. The van der Waals surface area contributed by atoms with Crippen LogP contribution in [0.3, 0.4) is 0 Å². The lowest BCUT2D eigenvalue weighted by atomic mass is 10.0. The molecule has 11 heteroatoms. The average molecular weight is 452 g/mol. The molecule has 0 saturated carbocycles. The van der Waals surface area contributed by atoms with Crippen LogP contribution in [0.5, 0.6) is 0 Å². The van der Waals surface area contributed by atoms with E-state index in [9.17, 15) is 8.78 Å². The second-order valence-corrected chi connectivity index (χ2v) is 7.10. The minimum absolute atomic E-state index is 0.158. The molecule has 4 aromatic heterocycles. The van der Waals surface area contributed by atoms with Crippen LogP contribution in [-0.2, 0) is 16.1 Å². The summed E-state index contributed by atoms with van der Waals surface area (Å²) in [4.78, 5) is 8.73. The molecule has 5 rings (SSSR count). The van der Waals surface area contributed by atoms with Crippen LogP contribution in [-0.4, -0.2) is 50.0 Å².